The maximum atomic E-state index is 9.63. The zero-order chi connectivity index (χ0) is 12.5. The molecule has 0 spiro atoms. The van der Waals surface area contributed by atoms with Crippen molar-refractivity contribution in [2.75, 3.05) is 20.8 Å². The van der Waals surface area contributed by atoms with E-state index in [0.29, 0.717) is 0 Å². The van der Waals surface area contributed by atoms with E-state index in [4.69, 9.17) is 9.47 Å². The molecule has 0 heterocycles. The molecule has 1 aromatic carbocycles. The predicted molar refractivity (Wildman–Crippen MR) is 66.9 cm³/mol. The maximum absolute atomic E-state index is 9.63. The Morgan fingerprint density at radius 3 is 2.18 bits per heavy atom. The van der Waals surface area contributed by atoms with Crippen LogP contribution in [0, 0.1) is 6.92 Å². The van der Waals surface area contributed by atoms with Crippen LogP contribution in [0.4, 0.5) is 0 Å². The third kappa shape index (κ3) is 1.89. The highest BCUT2D eigenvalue weighted by Gasteiger charge is 2.39. The second kappa shape index (κ2) is 4.57. The number of ether oxygens (including phenoxy) is 2. The number of hydrogen-bond donors (Lipinski definition) is 1. The summed E-state index contributed by atoms with van der Waals surface area (Å²) in [5, 5.41) is 9.63. The van der Waals surface area contributed by atoms with Crippen LogP contribution < -0.4 is 9.47 Å². The number of aliphatic hydroxyl groups excluding tert-OH is 1. The summed E-state index contributed by atoms with van der Waals surface area (Å²) in [4.78, 5) is 0. The smallest absolute Gasteiger partial charge is 0.161 e. The van der Waals surface area contributed by atoms with Gasteiger partial charge in [0.05, 0.1) is 20.8 Å². The van der Waals surface area contributed by atoms with Gasteiger partial charge in [0.1, 0.15) is 0 Å². The lowest BCUT2D eigenvalue weighted by Gasteiger charge is -2.42. The molecule has 2 rings (SSSR count). The molecule has 0 aliphatic heterocycles. The van der Waals surface area contributed by atoms with Crippen LogP contribution in [0.1, 0.15) is 30.4 Å². The van der Waals surface area contributed by atoms with Crippen LogP contribution in [-0.2, 0) is 5.41 Å². The first kappa shape index (κ1) is 12.2. The molecule has 0 unspecified atom stereocenters. The molecule has 1 aliphatic rings. The van der Waals surface area contributed by atoms with E-state index in [2.05, 4.69) is 6.92 Å². The average Bonchev–Trinajstić information content (AvgIpc) is 2.29. The number of methoxy groups -OCH3 is 2. The van der Waals surface area contributed by atoms with E-state index in [-0.39, 0.29) is 12.0 Å². The lowest BCUT2D eigenvalue weighted by molar-refractivity contribution is 0.119. The summed E-state index contributed by atoms with van der Waals surface area (Å²) in [6.45, 7) is 2.27. The van der Waals surface area contributed by atoms with E-state index in [1.54, 1.807) is 14.2 Å². The van der Waals surface area contributed by atoms with Crippen molar-refractivity contribution in [3.8, 4) is 11.5 Å². The Kier molecular flexibility index (Phi) is 3.29. The van der Waals surface area contributed by atoms with Gasteiger partial charge in [0.15, 0.2) is 11.5 Å². The van der Waals surface area contributed by atoms with Gasteiger partial charge in [0, 0.05) is 5.41 Å². The molecular weight excluding hydrogens is 216 g/mol. The first-order chi connectivity index (χ1) is 8.16. The molecule has 1 fully saturated rings. The summed E-state index contributed by atoms with van der Waals surface area (Å²) in [6, 6.07) is 4.01. The summed E-state index contributed by atoms with van der Waals surface area (Å²) >= 11 is 0. The number of aliphatic hydroxyl groups is 1. The molecule has 0 atom stereocenters. The molecule has 0 bridgehead atoms. The van der Waals surface area contributed by atoms with Gasteiger partial charge in [0.2, 0.25) is 0 Å². The second-order valence-corrected chi connectivity index (χ2v) is 4.81. The number of benzene rings is 1. The standard InChI is InChI=1S/C14H20O3/c1-10-7-12(16-2)13(17-3)8-11(10)14(9-15)5-4-6-14/h7-8,15H,4-6,9H2,1-3H3. The van der Waals surface area contributed by atoms with Crippen LogP contribution in [0.3, 0.4) is 0 Å². The van der Waals surface area contributed by atoms with Crippen molar-refractivity contribution < 1.29 is 14.6 Å². The second-order valence-electron chi connectivity index (χ2n) is 4.81. The highest BCUT2D eigenvalue weighted by Crippen LogP contribution is 2.46. The molecule has 3 nitrogen and oxygen atoms in total. The van der Waals surface area contributed by atoms with Crippen molar-refractivity contribution >= 4 is 0 Å². The van der Waals surface area contributed by atoms with E-state index in [1.165, 1.54) is 12.0 Å². The van der Waals surface area contributed by atoms with Crippen molar-refractivity contribution in [1.82, 2.24) is 0 Å². The summed E-state index contributed by atoms with van der Waals surface area (Å²) in [7, 11) is 3.28. The summed E-state index contributed by atoms with van der Waals surface area (Å²) in [5.41, 5.74) is 2.31. The fourth-order valence-corrected chi connectivity index (χ4v) is 2.67. The molecule has 17 heavy (non-hydrogen) atoms. The normalized spacial score (nSPS) is 17.4. The predicted octanol–water partition coefficient (Wildman–Crippen LogP) is 2.43. The van der Waals surface area contributed by atoms with Gasteiger partial charge in [-0.2, -0.15) is 0 Å². The Bertz CT molecular complexity index is 403. The van der Waals surface area contributed by atoms with E-state index < -0.39 is 0 Å². The minimum Gasteiger partial charge on any atom is -0.493 e. The zero-order valence-corrected chi connectivity index (χ0v) is 10.7. The number of aryl methyl sites for hydroxylation is 1. The van der Waals surface area contributed by atoms with Gasteiger partial charge in [0.25, 0.3) is 0 Å². The lowest BCUT2D eigenvalue weighted by atomic mass is 9.64. The Hall–Kier alpha value is -1.22. The average molecular weight is 236 g/mol. The molecule has 0 saturated heterocycles. The lowest BCUT2D eigenvalue weighted by Crippen LogP contribution is -2.38. The number of hydrogen-bond acceptors (Lipinski definition) is 3. The van der Waals surface area contributed by atoms with Crippen molar-refractivity contribution in [2.45, 2.75) is 31.6 Å². The van der Waals surface area contributed by atoms with Crippen LogP contribution in [0.2, 0.25) is 0 Å². The maximum Gasteiger partial charge on any atom is 0.161 e. The Morgan fingerprint density at radius 1 is 1.18 bits per heavy atom. The highest BCUT2D eigenvalue weighted by atomic mass is 16.5. The largest absolute Gasteiger partial charge is 0.493 e. The van der Waals surface area contributed by atoms with E-state index in [1.807, 2.05) is 12.1 Å². The van der Waals surface area contributed by atoms with Gasteiger partial charge in [-0.1, -0.05) is 6.42 Å². The van der Waals surface area contributed by atoms with Crippen LogP contribution in [0.5, 0.6) is 11.5 Å². The molecule has 0 radical (unpaired) electrons. The first-order valence-corrected chi connectivity index (χ1v) is 6.01. The van der Waals surface area contributed by atoms with E-state index >= 15 is 0 Å². The fourth-order valence-electron chi connectivity index (χ4n) is 2.67. The van der Waals surface area contributed by atoms with Crippen molar-refractivity contribution in [3.63, 3.8) is 0 Å². The monoisotopic (exact) mass is 236 g/mol. The van der Waals surface area contributed by atoms with Crippen molar-refractivity contribution in [2.24, 2.45) is 0 Å². The molecule has 0 amide bonds. The highest BCUT2D eigenvalue weighted by molar-refractivity contribution is 5.50. The van der Waals surface area contributed by atoms with Crippen LogP contribution in [0.25, 0.3) is 0 Å². The van der Waals surface area contributed by atoms with Crippen LogP contribution in [0.15, 0.2) is 12.1 Å². The Balaban J connectivity index is 2.47. The molecular formula is C14H20O3. The van der Waals surface area contributed by atoms with Gasteiger partial charge >= 0.3 is 0 Å². The third-order valence-electron chi connectivity index (χ3n) is 3.92. The zero-order valence-electron chi connectivity index (χ0n) is 10.7. The minimum absolute atomic E-state index is 0.0519. The first-order valence-electron chi connectivity index (χ1n) is 6.01. The SMILES string of the molecule is COc1cc(C)c(C2(CO)CCC2)cc1OC. The van der Waals surface area contributed by atoms with Crippen LogP contribution >= 0.6 is 0 Å². The van der Waals surface area contributed by atoms with Crippen LogP contribution in [-0.4, -0.2) is 25.9 Å². The number of rotatable bonds is 4. The fraction of sp³-hybridized carbons (Fsp3) is 0.571. The quantitative estimate of drug-likeness (QED) is 0.872. The molecule has 3 heteroatoms. The van der Waals surface area contributed by atoms with Crippen molar-refractivity contribution in [3.05, 3.63) is 23.3 Å². The molecule has 0 aromatic heterocycles. The molecule has 94 valence electrons. The Labute approximate surface area is 102 Å². The third-order valence-corrected chi connectivity index (χ3v) is 3.92. The van der Waals surface area contributed by atoms with Gasteiger partial charge in [-0.05, 0) is 43.0 Å². The Morgan fingerprint density at radius 2 is 1.76 bits per heavy atom. The summed E-state index contributed by atoms with van der Waals surface area (Å²) in [5.74, 6) is 1.49. The molecule has 1 aliphatic carbocycles. The van der Waals surface area contributed by atoms with Gasteiger partial charge in [-0.3, -0.25) is 0 Å². The topological polar surface area (TPSA) is 38.7 Å². The molecule has 1 N–H and O–H groups in total. The van der Waals surface area contributed by atoms with E-state index in [9.17, 15) is 5.11 Å². The molecule has 1 aromatic rings. The minimum atomic E-state index is -0.0519. The van der Waals surface area contributed by atoms with Gasteiger partial charge in [-0.15, -0.1) is 0 Å². The summed E-state index contributed by atoms with van der Waals surface area (Å²) in [6.07, 6.45) is 3.30. The summed E-state index contributed by atoms with van der Waals surface area (Å²) < 4.78 is 10.6. The van der Waals surface area contributed by atoms with E-state index in [0.717, 1.165) is 29.9 Å². The molecule has 1 saturated carbocycles. The van der Waals surface area contributed by atoms with Gasteiger partial charge in [-0.25, -0.2) is 0 Å². The van der Waals surface area contributed by atoms with Gasteiger partial charge < -0.3 is 14.6 Å². The van der Waals surface area contributed by atoms with Crippen molar-refractivity contribution in [1.29, 1.82) is 0 Å².